The predicted molar refractivity (Wildman–Crippen MR) is 77.3 cm³/mol. The van der Waals surface area contributed by atoms with Crippen LogP contribution >= 0.6 is 0 Å². The monoisotopic (exact) mass is 249 g/mol. The van der Waals surface area contributed by atoms with Crippen molar-refractivity contribution >= 4 is 17.3 Å². The molecule has 1 atom stereocenters. The second kappa shape index (κ2) is 6.40. The van der Waals surface area contributed by atoms with Gasteiger partial charge in [-0.1, -0.05) is 19.9 Å². The second-order valence-corrected chi connectivity index (χ2v) is 4.14. The van der Waals surface area contributed by atoms with Crippen LogP contribution in [0.4, 0.5) is 11.4 Å². The van der Waals surface area contributed by atoms with Crippen molar-refractivity contribution in [2.45, 2.75) is 26.8 Å². The van der Waals surface area contributed by atoms with E-state index >= 15 is 0 Å². The fourth-order valence-corrected chi connectivity index (χ4v) is 1.96. The molecule has 0 fully saturated rings. The Morgan fingerprint density at radius 1 is 1.39 bits per heavy atom. The van der Waals surface area contributed by atoms with Crippen molar-refractivity contribution < 1.29 is 4.79 Å². The van der Waals surface area contributed by atoms with Crippen LogP contribution in [0.15, 0.2) is 18.2 Å². The zero-order valence-electron chi connectivity index (χ0n) is 11.9. The van der Waals surface area contributed by atoms with Crippen LogP contribution in [0.2, 0.25) is 0 Å². The highest BCUT2D eigenvalue weighted by Crippen LogP contribution is 2.28. The quantitative estimate of drug-likeness (QED) is 0.800. The second-order valence-electron chi connectivity index (χ2n) is 4.14. The van der Waals surface area contributed by atoms with E-state index < -0.39 is 0 Å². The molecule has 1 heterocycles. The van der Waals surface area contributed by atoms with Crippen LogP contribution in [0.5, 0.6) is 0 Å². The number of aryl methyl sites for hydroxylation is 1. The molecule has 1 unspecified atom stereocenters. The van der Waals surface area contributed by atoms with Crippen molar-refractivity contribution in [1.82, 2.24) is 5.32 Å². The first-order valence-corrected chi connectivity index (χ1v) is 6.43. The summed E-state index contributed by atoms with van der Waals surface area (Å²) in [6.07, 6.45) is 0. The zero-order chi connectivity index (χ0) is 13.7. The highest BCUT2D eigenvalue weighted by atomic mass is 16.2. The molecule has 1 aliphatic heterocycles. The fourth-order valence-electron chi connectivity index (χ4n) is 1.96. The van der Waals surface area contributed by atoms with Crippen LogP contribution in [-0.2, 0) is 4.79 Å². The summed E-state index contributed by atoms with van der Waals surface area (Å²) in [5.74, 6) is 0.0950. The maximum atomic E-state index is 12.0. The molecule has 0 aromatic heterocycles. The van der Waals surface area contributed by atoms with Crippen LogP contribution in [0, 0.1) is 6.92 Å². The maximum absolute atomic E-state index is 12.0. The molecule has 4 heteroatoms. The Morgan fingerprint density at radius 3 is 2.67 bits per heavy atom. The summed E-state index contributed by atoms with van der Waals surface area (Å²) in [6, 6.07) is 5.90. The van der Waals surface area contributed by atoms with E-state index in [0.29, 0.717) is 6.54 Å². The van der Waals surface area contributed by atoms with Gasteiger partial charge in [0, 0.05) is 13.6 Å². The zero-order valence-corrected chi connectivity index (χ0v) is 11.9. The highest BCUT2D eigenvalue weighted by Gasteiger charge is 2.26. The smallest absolute Gasteiger partial charge is 0.245 e. The van der Waals surface area contributed by atoms with Gasteiger partial charge in [-0.05, 0) is 31.7 Å². The first kappa shape index (κ1) is 14.5. The average Bonchev–Trinajstić information content (AvgIpc) is 2.51. The standard InChI is InChI=1S/C12H17N3O.C2H6/c1-8-4-5-11-9(6-8)14-7-10(13-2)12(16)15(11)3;1-2/h4-6,10,13-14H,7H2,1-3H3;1-2H3. The van der Waals surface area contributed by atoms with Crippen molar-refractivity contribution in [3.63, 3.8) is 0 Å². The molecule has 100 valence electrons. The Morgan fingerprint density at radius 2 is 2.06 bits per heavy atom. The Balaban J connectivity index is 0.000000771. The Hall–Kier alpha value is -1.55. The molecule has 0 bridgehead atoms. The molecule has 1 aliphatic rings. The van der Waals surface area contributed by atoms with E-state index in [1.165, 1.54) is 5.56 Å². The topological polar surface area (TPSA) is 44.4 Å². The van der Waals surface area contributed by atoms with Crippen LogP contribution in [0.1, 0.15) is 19.4 Å². The number of amides is 1. The van der Waals surface area contributed by atoms with E-state index in [-0.39, 0.29) is 11.9 Å². The van der Waals surface area contributed by atoms with Crippen LogP contribution in [-0.4, -0.2) is 32.6 Å². The molecule has 0 saturated heterocycles. The van der Waals surface area contributed by atoms with E-state index in [1.807, 2.05) is 40.0 Å². The first-order chi connectivity index (χ1) is 8.63. The summed E-state index contributed by atoms with van der Waals surface area (Å²) < 4.78 is 0. The van der Waals surface area contributed by atoms with Gasteiger partial charge in [-0.25, -0.2) is 0 Å². The lowest BCUT2D eigenvalue weighted by Gasteiger charge is -2.20. The number of nitrogens with zero attached hydrogens (tertiary/aromatic N) is 1. The minimum Gasteiger partial charge on any atom is -0.381 e. The van der Waals surface area contributed by atoms with E-state index in [9.17, 15) is 4.79 Å². The summed E-state index contributed by atoms with van der Waals surface area (Å²) in [6.45, 7) is 6.67. The van der Waals surface area contributed by atoms with Gasteiger partial charge in [0.1, 0.15) is 6.04 Å². The summed E-state index contributed by atoms with van der Waals surface area (Å²) in [4.78, 5) is 13.8. The van der Waals surface area contributed by atoms with Crippen molar-refractivity contribution in [2.24, 2.45) is 0 Å². The number of hydrogen-bond acceptors (Lipinski definition) is 3. The van der Waals surface area contributed by atoms with Gasteiger partial charge in [0.25, 0.3) is 0 Å². The molecular weight excluding hydrogens is 226 g/mol. The van der Waals surface area contributed by atoms with Gasteiger partial charge in [-0.15, -0.1) is 0 Å². The van der Waals surface area contributed by atoms with Gasteiger partial charge >= 0.3 is 0 Å². The third kappa shape index (κ3) is 2.82. The largest absolute Gasteiger partial charge is 0.381 e. The summed E-state index contributed by atoms with van der Waals surface area (Å²) >= 11 is 0. The van der Waals surface area contributed by atoms with Crippen LogP contribution in [0.3, 0.4) is 0 Å². The molecule has 0 aliphatic carbocycles. The molecule has 18 heavy (non-hydrogen) atoms. The Labute approximate surface area is 109 Å². The van der Waals surface area contributed by atoms with Crippen LogP contribution < -0.4 is 15.5 Å². The SMILES string of the molecule is CC.CNC1CNc2cc(C)ccc2N(C)C1=O. The van der Waals surface area contributed by atoms with E-state index in [2.05, 4.69) is 16.7 Å². The van der Waals surface area contributed by atoms with Gasteiger partial charge < -0.3 is 15.5 Å². The number of fused-ring (bicyclic) bond motifs is 1. The molecular formula is C14H23N3O. The summed E-state index contributed by atoms with van der Waals surface area (Å²) in [5, 5.41) is 6.32. The number of carbonyl (C=O) groups is 1. The molecule has 4 nitrogen and oxygen atoms in total. The number of anilines is 2. The van der Waals surface area contributed by atoms with Crippen LogP contribution in [0.25, 0.3) is 0 Å². The van der Waals surface area contributed by atoms with Gasteiger partial charge in [-0.2, -0.15) is 0 Å². The molecule has 1 aromatic rings. The number of rotatable bonds is 1. The molecule has 1 amide bonds. The third-order valence-corrected chi connectivity index (χ3v) is 2.99. The van der Waals surface area contributed by atoms with E-state index in [1.54, 1.807) is 11.9 Å². The van der Waals surface area contributed by atoms with Crippen molar-refractivity contribution in [3.8, 4) is 0 Å². The lowest BCUT2D eigenvalue weighted by atomic mass is 10.2. The minimum absolute atomic E-state index is 0.0950. The lowest BCUT2D eigenvalue weighted by molar-refractivity contribution is -0.119. The summed E-state index contributed by atoms with van der Waals surface area (Å²) in [7, 11) is 3.62. The number of likely N-dealkylation sites (N-methyl/N-ethyl adjacent to an activating group) is 2. The van der Waals surface area contributed by atoms with E-state index in [4.69, 9.17) is 0 Å². The predicted octanol–water partition coefficient (Wildman–Crippen LogP) is 2.00. The number of hydrogen-bond donors (Lipinski definition) is 2. The van der Waals surface area contributed by atoms with Gasteiger partial charge in [-0.3, -0.25) is 4.79 Å². The molecule has 1 aromatic carbocycles. The summed E-state index contributed by atoms with van der Waals surface area (Å²) in [5.41, 5.74) is 3.15. The lowest BCUT2D eigenvalue weighted by Crippen LogP contribution is -2.45. The number of benzene rings is 1. The van der Waals surface area contributed by atoms with Crippen molar-refractivity contribution in [1.29, 1.82) is 0 Å². The highest BCUT2D eigenvalue weighted by molar-refractivity contribution is 6.01. The minimum atomic E-state index is -0.169. The molecule has 0 spiro atoms. The normalized spacial score (nSPS) is 18.2. The molecule has 2 N–H and O–H groups in total. The van der Waals surface area contributed by atoms with Crippen molar-refractivity contribution in [3.05, 3.63) is 23.8 Å². The Kier molecular flexibility index (Phi) is 5.16. The average molecular weight is 249 g/mol. The van der Waals surface area contributed by atoms with Gasteiger partial charge in [0.05, 0.1) is 11.4 Å². The maximum Gasteiger partial charge on any atom is 0.245 e. The van der Waals surface area contributed by atoms with Crippen molar-refractivity contribution in [2.75, 3.05) is 30.9 Å². The molecule has 0 radical (unpaired) electrons. The van der Waals surface area contributed by atoms with E-state index in [0.717, 1.165) is 11.4 Å². The first-order valence-electron chi connectivity index (χ1n) is 6.43. The fraction of sp³-hybridized carbons (Fsp3) is 0.500. The number of nitrogens with one attached hydrogen (secondary N) is 2. The van der Waals surface area contributed by atoms with Gasteiger partial charge in [0.2, 0.25) is 5.91 Å². The number of carbonyl (C=O) groups excluding carboxylic acids is 1. The molecule has 2 rings (SSSR count). The van der Waals surface area contributed by atoms with Gasteiger partial charge in [0.15, 0.2) is 0 Å². The Bertz CT molecular complexity index is 418. The third-order valence-electron chi connectivity index (χ3n) is 2.99. The molecule has 0 saturated carbocycles.